The van der Waals surface area contributed by atoms with Crippen LogP contribution >= 0.6 is 0 Å². The van der Waals surface area contributed by atoms with Crippen LogP contribution in [-0.2, 0) is 19.6 Å². The van der Waals surface area contributed by atoms with Crippen molar-refractivity contribution >= 4 is 22.0 Å². The molecule has 1 heterocycles. The summed E-state index contributed by atoms with van der Waals surface area (Å²) >= 11 is 0. The Morgan fingerprint density at radius 1 is 0.952 bits per heavy atom. The normalized spacial score (nSPS) is 21.6. The monoisotopic (exact) mass is 322 g/mol. The van der Waals surface area contributed by atoms with Gasteiger partial charge in [0.25, 0.3) is 0 Å². The predicted octanol–water partition coefficient (Wildman–Crippen LogP) is -0.338. The molecule has 0 amide bonds. The van der Waals surface area contributed by atoms with Gasteiger partial charge < -0.3 is 10.2 Å². The van der Waals surface area contributed by atoms with Crippen molar-refractivity contribution in [3.8, 4) is 0 Å². The maximum Gasteiger partial charge on any atom is 0.414 e. The number of aliphatic carboxylic acids is 2. The first-order chi connectivity index (χ1) is 9.71. The fraction of sp³-hybridized carbons (Fsp3) is 0.833. The molecule has 0 spiro atoms. The highest BCUT2D eigenvalue weighted by molar-refractivity contribution is 7.88. The van der Waals surface area contributed by atoms with Gasteiger partial charge in [-0.2, -0.15) is 4.31 Å². The summed E-state index contributed by atoms with van der Waals surface area (Å²) in [7, 11) is -2.97. The molecule has 0 aromatic heterocycles. The molecule has 1 saturated heterocycles. The summed E-state index contributed by atoms with van der Waals surface area (Å²) < 4.78 is 24.2. The molecule has 8 nitrogen and oxygen atoms in total. The molecule has 9 heteroatoms. The Hall–Kier alpha value is -1.19. The van der Waals surface area contributed by atoms with Gasteiger partial charge in [0.05, 0.1) is 6.26 Å². The van der Waals surface area contributed by atoms with Crippen molar-refractivity contribution in [1.82, 2.24) is 9.21 Å². The maximum atomic E-state index is 11.3. The second kappa shape index (κ2) is 7.71. The van der Waals surface area contributed by atoms with E-state index in [1.807, 2.05) is 0 Å². The van der Waals surface area contributed by atoms with Gasteiger partial charge >= 0.3 is 11.9 Å². The zero-order valence-electron chi connectivity index (χ0n) is 12.1. The fourth-order valence-electron chi connectivity index (χ4n) is 2.67. The lowest BCUT2D eigenvalue weighted by molar-refractivity contribution is -0.159. The average Bonchev–Trinajstić information content (AvgIpc) is 2.92. The fourth-order valence-corrected chi connectivity index (χ4v) is 3.50. The number of nitrogens with zero attached hydrogens (tertiary/aromatic N) is 2. The standard InChI is InChI=1S/C10H20N2O2S.C2H2O4/c1-15(13,14)12-8-6-11(7-9-12)10-4-2-3-5-10;3-1(4)2(5)6/h10H,2-9H2,1H3;(H,3,4)(H,5,6). The van der Waals surface area contributed by atoms with Crippen LogP contribution in [0.15, 0.2) is 0 Å². The minimum absolute atomic E-state index is 0.676. The van der Waals surface area contributed by atoms with Crippen molar-refractivity contribution in [3.05, 3.63) is 0 Å². The van der Waals surface area contributed by atoms with Crippen LogP contribution in [0.2, 0.25) is 0 Å². The van der Waals surface area contributed by atoms with Gasteiger partial charge in [-0.3, -0.25) is 4.90 Å². The molecule has 2 rings (SSSR count). The van der Waals surface area contributed by atoms with Crippen LogP contribution < -0.4 is 0 Å². The van der Waals surface area contributed by atoms with Crippen molar-refractivity contribution in [2.75, 3.05) is 32.4 Å². The van der Waals surface area contributed by atoms with Crippen molar-refractivity contribution in [2.24, 2.45) is 0 Å². The van der Waals surface area contributed by atoms with E-state index >= 15 is 0 Å². The molecule has 2 aliphatic rings. The number of sulfonamides is 1. The Morgan fingerprint density at radius 3 is 1.71 bits per heavy atom. The second-order valence-electron chi connectivity index (χ2n) is 5.25. The van der Waals surface area contributed by atoms with E-state index in [-0.39, 0.29) is 0 Å². The maximum absolute atomic E-state index is 11.3. The number of carbonyl (C=O) groups is 2. The Bertz CT molecular complexity index is 452. The minimum atomic E-state index is -2.97. The van der Waals surface area contributed by atoms with Crippen molar-refractivity contribution in [1.29, 1.82) is 0 Å². The summed E-state index contributed by atoms with van der Waals surface area (Å²) in [5, 5.41) is 14.8. The van der Waals surface area contributed by atoms with Gasteiger partial charge in [-0.1, -0.05) is 12.8 Å². The summed E-state index contributed by atoms with van der Waals surface area (Å²) in [4.78, 5) is 20.7. The van der Waals surface area contributed by atoms with Crippen molar-refractivity contribution < 1.29 is 28.2 Å². The van der Waals surface area contributed by atoms with Crippen LogP contribution in [0.4, 0.5) is 0 Å². The molecule has 1 aliphatic heterocycles. The van der Waals surface area contributed by atoms with E-state index in [0.29, 0.717) is 13.1 Å². The van der Waals surface area contributed by atoms with Gasteiger partial charge in [0.2, 0.25) is 10.0 Å². The molecule has 122 valence electrons. The molecule has 1 saturated carbocycles. The van der Waals surface area contributed by atoms with Gasteiger partial charge in [0.1, 0.15) is 0 Å². The lowest BCUT2D eigenvalue weighted by atomic mass is 10.2. The molecule has 0 unspecified atom stereocenters. The topological polar surface area (TPSA) is 115 Å². The SMILES string of the molecule is CS(=O)(=O)N1CCN(C2CCCC2)CC1.O=C(O)C(=O)O. The Balaban J connectivity index is 0.000000315. The van der Waals surface area contributed by atoms with Crippen LogP contribution in [0.1, 0.15) is 25.7 Å². The third kappa shape index (κ3) is 5.98. The van der Waals surface area contributed by atoms with Crippen LogP contribution in [0.5, 0.6) is 0 Å². The number of hydrogen-bond acceptors (Lipinski definition) is 5. The molecule has 0 radical (unpaired) electrons. The highest BCUT2D eigenvalue weighted by atomic mass is 32.2. The first-order valence-corrected chi connectivity index (χ1v) is 8.72. The van der Waals surface area contributed by atoms with E-state index in [1.54, 1.807) is 4.31 Å². The van der Waals surface area contributed by atoms with E-state index in [4.69, 9.17) is 19.8 Å². The van der Waals surface area contributed by atoms with Crippen molar-refractivity contribution in [2.45, 2.75) is 31.7 Å². The van der Waals surface area contributed by atoms with Gasteiger partial charge in [-0.15, -0.1) is 0 Å². The molecule has 21 heavy (non-hydrogen) atoms. The second-order valence-corrected chi connectivity index (χ2v) is 7.23. The van der Waals surface area contributed by atoms with Gasteiger partial charge in [0, 0.05) is 32.2 Å². The number of hydrogen-bond donors (Lipinski definition) is 2. The lowest BCUT2D eigenvalue weighted by Crippen LogP contribution is -2.51. The number of rotatable bonds is 2. The summed E-state index contributed by atoms with van der Waals surface area (Å²) in [5.41, 5.74) is 0. The number of carboxylic acid groups (broad SMARTS) is 2. The van der Waals surface area contributed by atoms with E-state index in [1.165, 1.54) is 31.9 Å². The summed E-state index contributed by atoms with van der Waals surface area (Å²) in [6.07, 6.45) is 6.60. The first kappa shape index (κ1) is 17.9. The minimum Gasteiger partial charge on any atom is -0.473 e. The molecular weight excluding hydrogens is 300 g/mol. The van der Waals surface area contributed by atoms with Crippen LogP contribution in [-0.4, -0.2) is 78.3 Å². The lowest BCUT2D eigenvalue weighted by Gasteiger charge is -2.36. The Kier molecular flexibility index (Phi) is 6.56. The summed E-state index contributed by atoms with van der Waals surface area (Å²) in [6.45, 7) is 3.18. The highest BCUT2D eigenvalue weighted by Gasteiger charge is 2.28. The van der Waals surface area contributed by atoms with Crippen molar-refractivity contribution in [3.63, 3.8) is 0 Å². The molecule has 0 aromatic carbocycles. The highest BCUT2D eigenvalue weighted by Crippen LogP contribution is 2.24. The third-order valence-electron chi connectivity index (χ3n) is 3.77. The molecule has 1 aliphatic carbocycles. The first-order valence-electron chi connectivity index (χ1n) is 6.87. The van der Waals surface area contributed by atoms with Gasteiger partial charge in [-0.25, -0.2) is 18.0 Å². The molecular formula is C12H22N2O6S. The van der Waals surface area contributed by atoms with E-state index in [9.17, 15) is 8.42 Å². The van der Waals surface area contributed by atoms with Crippen LogP contribution in [0.25, 0.3) is 0 Å². The summed E-state index contributed by atoms with van der Waals surface area (Å²) in [5.74, 6) is -3.65. The zero-order chi connectivity index (χ0) is 16.0. The van der Waals surface area contributed by atoms with E-state index < -0.39 is 22.0 Å². The van der Waals surface area contributed by atoms with Crippen LogP contribution in [0.3, 0.4) is 0 Å². The molecule has 0 aromatic rings. The number of piperazine rings is 1. The molecule has 2 fully saturated rings. The smallest absolute Gasteiger partial charge is 0.414 e. The molecule has 0 atom stereocenters. The molecule has 2 N–H and O–H groups in total. The van der Waals surface area contributed by atoms with Gasteiger partial charge in [0.15, 0.2) is 0 Å². The average molecular weight is 322 g/mol. The largest absolute Gasteiger partial charge is 0.473 e. The number of carboxylic acids is 2. The molecule has 0 bridgehead atoms. The predicted molar refractivity (Wildman–Crippen MR) is 75.5 cm³/mol. The Labute approximate surface area is 124 Å². The third-order valence-corrected chi connectivity index (χ3v) is 5.07. The van der Waals surface area contributed by atoms with E-state index in [2.05, 4.69) is 4.90 Å². The zero-order valence-corrected chi connectivity index (χ0v) is 12.9. The van der Waals surface area contributed by atoms with Gasteiger partial charge in [-0.05, 0) is 12.8 Å². The summed E-state index contributed by atoms with van der Waals surface area (Å²) in [6, 6.07) is 0.728. The van der Waals surface area contributed by atoms with Crippen LogP contribution in [0, 0.1) is 0 Å². The Morgan fingerprint density at radius 2 is 1.38 bits per heavy atom. The van der Waals surface area contributed by atoms with E-state index in [0.717, 1.165) is 19.1 Å². The quantitative estimate of drug-likeness (QED) is 0.668.